The molecule has 0 saturated carbocycles. The average molecular weight is 355 g/mol. The molecule has 1 aromatic carbocycles. The van der Waals surface area contributed by atoms with E-state index in [1.54, 1.807) is 25.5 Å². The maximum atomic E-state index is 5.85. The highest BCUT2D eigenvalue weighted by Gasteiger charge is 2.32. The Kier molecular flexibility index (Phi) is 4.11. The van der Waals surface area contributed by atoms with Crippen LogP contribution in [0.5, 0.6) is 5.75 Å². The Morgan fingerprint density at radius 3 is 2.60 bits per heavy atom. The van der Waals surface area contributed by atoms with E-state index in [0.29, 0.717) is 17.4 Å². The first kappa shape index (κ1) is 15.7. The van der Waals surface area contributed by atoms with Crippen molar-refractivity contribution in [2.75, 3.05) is 12.1 Å². The van der Waals surface area contributed by atoms with E-state index in [2.05, 4.69) is 10.2 Å². The molecule has 1 aliphatic rings. The van der Waals surface area contributed by atoms with Crippen LogP contribution in [0.1, 0.15) is 23.8 Å². The molecule has 7 heteroatoms. The van der Waals surface area contributed by atoms with E-state index in [1.165, 1.54) is 0 Å². The zero-order valence-electron chi connectivity index (χ0n) is 13.5. The molecule has 1 aliphatic heterocycles. The Balaban J connectivity index is 1.71. The molecule has 0 radical (unpaired) electrons. The number of nitrogens with zero attached hydrogens (tertiary/aromatic N) is 4. The minimum absolute atomic E-state index is 0.0809. The summed E-state index contributed by atoms with van der Waals surface area (Å²) in [7, 11) is 1.65. The summed E-state index contributed by atoms with van der Waals surface area (Å²) in [5.74, 6) is 2.25. The van der Waals surface area contributed by atoms with Gasteiger partial charge in [0.25, 0.3) is 0 Å². The first-order chi connectivity index (χ1) is 12.2. The highest BCUT2D eigenvalue weighted by Crippen LogP contribution is 2.36. The molecule has 3 aromatic rings. The highest BCUT2D eigenvalue weighted by molar-refractivity contribution is 6.29. The molecule has 6 nitrogen and oxygen atoms in total. The van der Waals surface area contributed by atoms with Gasteiger partial charge in [-0.25, -0.2) is 5.01 Å². The second kappa shape index (κ2) is 6.57. The summed E-state index contributed by atoms with van der Waals surface area (Å²) in [6.07, 6.45) is 2.36. The number of hydrazone groups is 1. The Morgan fingerprint density at radius 2 is 1.96 bits per heavy atom. The number of hydrogen-bond acceptors (Lipinski definition) is 6. The summed E-state index contributed by atoms with van der Waals surface area (Å²) in [5.41, 5.74) is 1.97. The first-order valence-electron chi connectivity index (χ1n) is 7.78. The van der Waals surface area contributed by atoms with Crippen LogP contribution in [0.25, 0.3) is 0 Å². The molecular weight excluding hydrogens is 340 g/mol. The quantitative estimate of drug-likeness (QED) is 0.706. The summed E-state index contributed by atoms with van der Waals surface area (Å²) in [5, 5.41) is 15.0. The summed E-state index contributed by atoms with van der Waals surface area (Å²) < 4.78 is 10.8. The van der Waals surface area contributed by atoms with E-state index in [-0.39, 0.29) is 6.04 Å². The smallest absolute Gasteiger partial charge is 0.172 e. The van der Waals surface area contributed by atoms with Crippen molar-refractivity contribution in [3.05, 3.63) is 71.3 Å². The van der Waals surface area contributed by atoms with Crippen LogP contribution in [0.3, 0.4) is 0 Å². The number of hydrogen-bond donors (Lipinski definition) is 0. The van der Waals surface area contributed by atoms with Crippen LogP contribution in [0.2, 0.25) is 5.15 Å². The third kappa shape index (κ3) is 3.08. The number of rotatable bonds is 4. The summed E-state index contributed by atoms with van der Waals surface area (Å²) in [6.45, 7) is 0. The molecule has 0 N–H and O–H groups in total. The van der Waals surface area contributed by atoms with E-state index in [1.807, 2.05) is 41.4 Å². The van der Waals surface area contributed by atoms with Crippen LogP contribution in [-0.4, -0.2) is 23.0 Å². The second-order valence-electron chi connectivity index (χ2n) is 5.57. The lowest BCUT2D eigenvalue weighted by molar-refractivity contribution is 0.415. The normalized spacial score (nSPS) is 16.8. The molecule has 1 unspecified atom stereocenters. The predicted molar refractivity (Wildman–Crippen MR) is 95.1 cm³/mol. The Labute approximate surface area is 149 Å². The molecular formula is C18H15ClN4O2. The van der Waals surface area contributed by atoms with Crippen LogP contribution in [0.15, 0.2) is 64.3 Å². The lowest BCUT2D eigenvalue weighted by Gasteiger charge is -2.19. The van der Waals surface area contributed by atoms with E-state index < -0.39 is 0 Å². The average Bonchev–Trinajstić information content (AvgIpc) is 3.32. The Hall–Kier alpha value is -2.86. The Bertz CT molecular complexity index is 876. The minimum atomic E-state index is -0.0809. The number of methoxy groups -OCH3 is 1. The number of anilines is 1. The number of halogens is 1. The number of benzene rings is 1. The third-order valence-electron chi connectivity index (χ3n) is 4.06. The molecule has 126 valence electrons. The van der Waals surface area contributed by atoms with Crippen LogP contribution in [0.4, 0.5) is 5.82 Å². The van der Waals surface area contributed by atoms with Crippen molar-refractivity contribution >= 4 is 23.1 Å². The van der Waals surface area contributed by atoms with Gasteiger partial charge in [-0.3, -0.25) is 0 Å². The fourth-order valence-electron chi connectivity index (χ4n) is 2.81. The van der Waals surface area contributed by atoms with E-state index in [0.717, 1.165) is 22.8 Å². The standard InChI is InChI=1S/C18H15ClN4O2/c1-24-13-6-4-12(5-7-13)14-11-15(16-3-2-10-25-16)23(22-14)18-9-8-17(19)20-21-18/h2-10,15H,11H2,1H3. The van der Waals surface area contributed by atoms with Crippen molar-refractivity contribution in [3.63, 3.8) is 0 Å². The third-order valence-corrected chi connectivity index (χ3v) is 4.26. The lowest BCUT2D eigenvalue weighted by Crippen LogP contribution is -2.19. The molecule has 0 aliphatic carbocycles. The van der Waals surface area contributed by atoms with Crippen molar-refractivity contribution < 1.29 is 9.15 Å². The molecule has 0 bridgehead atoms. The zero-order chi connectivity index (χ0) is 17.2. The number of ether oxygens (including phenoxy) is 1. The second-order valence-corrected chi connectivity index (χ2v) is 5.96. The van der Waals surface area contributed by atoms with Crippen molar-refractivity contribution in [3.8, 4) is 5.75 Å². The van der Waals surface area contributed by atoms with E-state index in [4.69, 9.17) is 25.9 Å². The van der Waals surface area contributed by atoms with Gasteiger partial charge in [-0.1, -0.05) is 11.6 Å². The molecule has 1 atom stereocenters. The molecule has 0 saturated heterocycles. The van der Waals surface area contributed by atoms with Crippen LogP contribution >= 0.6 is 11.6 Å². The molecule has 3 heterocycles. The van der Waals surface area contributed by atoms with Gasteiger partial charge in [-0.15, -0.1) is 10.2 Å². The molecule has 4 rings (SSSR count). The van der Waals surface area contributed by atoms with E-state index >= 15 is 0 Å². The van der Waals surface area contributed by atoms with Gasteiger partial charge >= 0.3 is 0 Å². The van der Waals surface area contributed by atoms with E-state index in [9.17, 15) is 0 Å². The molecule has 2 aromatic heterocycles. The van der Waals surface area contributed by atoms with Crippen molar-refractivity contribution in [1.82, 2.24) is 10.2 Å². The van der Waals surface area contributed by atoms with Gasteiger partial charge in [0, 0.05) is 6.42 Å². The molecule has 25 heavy (non-hydrogen) atoms. The largest absolute Gasteiger partial charge is 0.497 e. The SMILES string of the molecule is COc1ccc(C2=NN(c3ccc(Cl)nn3)C(c3ccco3)C2)cc1. The fourth-order valence-corrected chi connectivity index (χ4v) is 2.91. The van der Waals surface area contributed by atoms with Gasteiger partial charge in [0.2, 0.25) is 0 Å². The molecule has 0 spiro atoms. The van der Waals surface area contributed by atoms with Gasteiger partial charge in [0.15, 0.2) is 11.0 Å². The monoisotopic (exact) mass is 354 g/mol. The van der Waals surface area contributed by atoms with Crippen molar-refractivity contribution in [2.45, 2.75) is 12.5 Å². The maximum absolute atomic E-state index is 5.85. The minimum Gasteiger partial charge on any atom is -0.497 e. The fraction of sp³-hybridized carbons (Fsp3) is 0.167. The summed E-state index contributed by atoms with van der Waals surface area (Å²) in [6, 6.07) is 15.1. The first-order valence-corrected chi connectivity index (χ1v) is 8.16. The zero-order valence-corrected chi connectivity index (χ0v) is 14.2. The number of furan rings is 1. The number of aromatic nitrogens is 2. The summed E-state index contributed by atoms with van der Waals surface area (Å²) >= 11 is 5.85. The van der Waals surface area contributed by atoms with Crippen molar-refractivity contribution in [2.24, 2.45) is 5.10 Å². The van der Waals surface area contributed by atoms with Crippen LogP contribution < -0.4 is 9.75 Å². The van der Waals surface area contributed by atoms with Gasteiger partial charge in [0.05, 0.1) is 19.1 Å². The predicted octanol–water partition coefficient (Wildman–Crippen LogP) is 4.09. The molecule has 0 fully saturated rings. The highest BCUT2D eigenvalue weighted by atomic mass is 35.5. The maximum Gasteiger partial charge on any atom is 0.172 e. The van der Waals surface area contributed by atoms with Gasteiger partial charge in [0.1, 0.15) is 17.6 Å². The Morgan fingerprint density at radius 1 is 1.12 bits per heavy atom. The van der Waals surface area contributed by atoms with Crippen molar-refractivity contribution in [1.29, 1.82) is 0 Å². The van der Waals surface area contributed by atoms with Crippen LogP contribution in [-0.2, 0) is 0 Å². The van der Waals surface area contributed by atoms with Gasteiger partial charge in [-0.2, -0.15) is 5.10 Å². The van der Waals surface area contributed by atoms with Crippen LogP contribution in [0, 0.1) is 0 Å². The van der Waals surface area contributed by atoms with Gasteiger partial charge < -0.3 is 9.15 Å². The van der Waals surface area contributed by atoms with Gasteiger partial charge in [-0.05, 0) is 54.1 Å². The molecule has 0 amide bonds. The lowest BCUT2D eigenvalue weighted by atomic mass is 10.0. The summed E-state index contributed by atoms with van der Waals surface area (Å²) in [4.78, 5) is 0. The topological polar surface area (TPSA) is 63.8 Å².